The zero-order chi connectivity index (χ0) is 25.2. The Morgan fingerprint density at radius 3 is 2.67 bits per heavy atom. The van der Waals surface area contributed by atoms with Crippen LogP contribution in [-0.4, -0.2) is 59.9 Å². The SMILES string of the molecule is CCCSc1nc(NC2(c3ccc(F)c(F)c3)CC2)c2nnn(C3CC(O)C4OC(C)(C)OC43)c2n1. The number of fused-ring (bicyclic) bond motifs is 2. The maximum atomic E-state index is 14.0. The molecule has 4 atom stereocenters. The molecule has 0 bridgehead atoms. The van der Waals surface area contributed by atoms with Gasteiger partial charge in [0, 0.05) is 12.2 Å². The highest BCUT2D eigenvalue weighted by atomic mass is 32.2. The van der Waals surface area contributed by atoms with Crippen LogP contribution in [0.25, 0.3) is 11.2 Å². The van der Waals surface area contributed by atoms with Crippen molar-refractivity contribution in [1.82, 2.24) is 25.0 Å². The monoisotopic (exact) mass is 518 g/mol. The van der Waals surface area contributed by atoms with Gasteiger partial charge >= 0.3 is 0 Å². The van der Waals surface area contributed by atoms with Crippen LogP contribution in [0.1, 0.15) is 58.1 Å². The first kappa shape index (κ1) is 24.0. The molecule has 0 spiro atoms. The Labute approximate surface area is 211 Å². The fraction of sp³-hybridized carbons (Fsp3) is 0.583. The number of ether oxygens (including phenoxy) is 2. The van der Waals surface area contributed by atoms with Crippen LogP contribution < -0.4 is 5.32 Å². The quantitative estimate of drug-likeness (QED) is 0.355. The lowest BCUT2D eigenvalue weighted by atomic mass is 10.0. The summed E-state index contributed by atoms with van der Waals surface area (Å²) in [7, 11) is 0. The molecule has 36 heavy (non-hydrogen) atoms. The smallest absolute Gasteiger partial charge is 0.191 e. The second-order valence-corrected chi connectivity index (χ2v) is 11.2. The molecule has 3 aromatic rings. The number of hydrogen-bond donors (Lipinski definition) is 2. The number of rotatable bonds is 7. The Morgan fingerprint density at radius 1 is 1.17 bits per heavy atom. The van der Waals surface area contributed by atoms with Crippen molar-refractivity contribution in [2.45, 2.75) is 87.3 Å². The number of thioether (sulfide) groups is 1. The Balaban J connectivity index is 1.39. The minimum atomic E-state index is -0.880. The molecule has 12 heteroatoms. The van der Waals surface area contributed by atoms with Crippen molar-refractivity contribution in [3.8, 4) is 0 Å². The van der Waals surface area contributed by atoms with Gasteiger partial charge in [-0.3, -0.25) is 0 Å². The molecule has 192 valence electrons. The lowest BCUT2D eigenvalue weighted by Crippen LogP contribution is -2.29. The number of nitrogens with one attached hydrogen (secondary N) is 1. The zero-order valence-electron chi connectivity index (χ0n) is 20.2. The van der Waals surface area contributed by atoms with Crippen molar-refractivity contribution in [2.75, 3.05) is 11.1 Å². The van der Waals surface area contributed by atoms with Gasteiger partial charge in [-0.2, -0.15) is 0 Å². The maximum absolute atomic E-state index is 14.0. The largest absolute Gasteiger partial charge is 0.390 e. The molecule has 3 fully saturated rings. The van der Waals surface area contributed by atoms with Crippen molar-refractivity contribution in [2.24, 2.45) is 0 Å². The predicted octanol–water partition coefficient (Wildman–Crippen LogP) is 3.93. The summed E-state index contributed by atoms with van der Waals surface area (Å²) in [5.41, 5.74) is 1.09. The molecule has 1 saturated heterocycles. The Bertz CT molecular complexity index is 1320. The van der Waals surface area contributed by atoms with E-state index in [1.165, 1.54) is 17.8 Å². The lowest BCUT2D eigenvalue weighted by molar-refractivity contribution is -0.165. The average Bonchev–Trinajstić information content (AvgIpc) is 3.23. The molecule has 9 nitrogen and oxygen atoms in total. The number of hydrogen-bond acceptors (Lipinski definition) is 9. The predicted molar refractivity (Wildman–Crippen MR) is 129 cm³/mol. The first-order valence-electron chi connectivity index (χ1n) is 12.2. The summed E-state index contributed by atoms with van der Waals surface area (Å²) < 4.78 is 41.3. The van der Waals surface area contributed by atoms with Gasteiger partial charge in [-0.25, -0.2) is 23.4 Å². The molecule has 3 aliphatic rings. The summed E-state index contributed by atoms with van der Waals surface area (Å²) in [6, 6.07) is 3.66. The van der Waals surface area contributed by atoms with E-state index in [1.807, 2.05) is 13.8 Å². The normalized spacial score (nSPS) is 27.9. The van der Waals surface area contributed by atoms with Gasteiger partial charge in [0.15, 0.2) is 39.6 Å². The number of nitrogens with zero attached hydrogens (tertiary/aromatic N) is 5. The maximum Gasteiger partial charge on any atom is 0.191 e. The van der Waals surface area contributed by atoms with Gasteiger partial charge < -0.3 is 19.9 Å². The van der Waals surface area contributed by atoms with Crippen molar-refractivity contribution in [3.63, 3.8) is 0 Å². The number of benzene rings is 1. The fourth-order valence-electron chi connectivity index (χ4n) is 5.18. The fourth-order valence-corrected chi connectivity index (χ4v) is 5.87. The molecule has 4 unspecified atom stereocenters. The molecule has 1 aromatic carbocycles. The summed E-state index contributed by atoms with van der Waals surface area (Å²) in [5, 5.41) is 23.5. The van der Waals surface area contributed by atoms with Crippen molar-refractivity contribution in [1.29, 1.82) is 0 Å². The van der Waals surface area contributed by atoms with Gasteiger partial charge in [0.2, 0.25) is 0 Å². The summed E-state index contributed by atoms with van der Waals surface area (Å²) in [4.78, 5) is 9.49. The Morgan fingerprint density at radius 2 is 1.94 bits per heavy atom. The van der Waals surface area contributed by atoms with E-state index < -0.39 is 41.3 Å². The second-order valence-electron chi connectivity index (χ2n) is 10.2. The average molecular weight is 519 g/mol. The molecule has 2 saturated carbocycles. The summed E-state index contributed by atoms with van der Waals surface area (Å²) >= 11 is 1.52. The van der Waals surface area contributed by atoms with E-state index in [2.05, 4.69) is 22.6 Å². The highest BCUT2D eigenvalue weighted by Crippen LogP contribution is 2.49. The van der Waals surface area contributed by atoms with Gasteiger partial charge in [0.25, 0.3) is 0 Å². The first-order valence-corrected chi connectivity index (χ1v) is 13.2. The summed E-state index contributed by atoms with van der Waals surface area (Å²) in [6.45, 7) is 5.73. The van der Waals surface area contributed by atoms with Crippen molar-refractivity contribution in [3.05, 3.63) is 35.4 Å². The summed E-state index contributed by atoms with van der Waals surface area (Å²) in [6.07, 6.45) is 1.28. The van der Waals surface area contributed by atoms with Crippen LogP contribution in [0.5, 0.6) is 0 Å². The van der Waals surface area contributed by atoms with E-state index in [0.29, 0.717) is 34.1 Å². The van der Waals surface area contributed by atoms with E-state index in [4.69, 9.17) is 19.4 Å². The van der Waals surface area contributed by atoms with E-state index in [1.54, 1.807) is 10.7 Å². The zero-order valence-corrected chi connectivity index (χ0v) is 21.1. The molecule has 3 heterocycles. The lowest BCUT2D eigenvalue weighted by Gasteiger charge is -2.22. The summed E-state index contributed by atoms with van der Waals surface area (Å²) in [5.74, 6) is -1.24. The van der Waals surface area contributed by atoms with E-state index >= 15 is 0 Å². The van der Waals surface area contributed by atoms with Crippen LogP contribution in [0.2, 0.25) is 0 Å². The Kier molecular flexibility index (Phi) is 5.71. The van der Waals surface area contributed by atoms with E-state index in [0.717, 1.165) is 31.1 Å². The number of anilines is 1. The van der Waals surface area contributed by atoms with Crippen molar-refractivity contribution < 1.29 is 23.4 Å². The number of halogens is 2. The van der Waals surface area contributed by atoms with Gasteiger partial charge in [-0.1, -0.05) is 30.0 Å². The second kappa shape index (κ2) is 8.57. The van der Waals surface area contributed by atoms with Crippen LogP contribution in [0.3, 0.4) is 0 Å². The van der Waals surface area contributed by atoms with Crippen LogP contribution in [0.15, 0.2) is 23.4 Å². The van der Waals surface area contributed by atoms with Gasteiger partial charge in [-0.05, 0) is 50.8 Å². The van der Waals surface area contributed by atoms with Crippen LogP contribution in [-0.2, 0) is 15.0 Å². The topological polar surface area (TPSA) is 107 Å². The van der Waals surface area contributed by atoms with Crippen LogP contribution >= 0.6 is 11.8 Å². The molecule has 2 aromatic heterocycles. The third-order valence-electron chi connectivity index (χ3n) is 7.04. The number of aromatic nitrogens is 5. The number of aliphatic hydroxyl groups is 1. The molecule has 2 aliphatic carbocycles. The van der Waals surface area contributed by atoms with E-state index in [-0.39, 0.29) is 6.04 Å². The minimum absolute atomic E-state index is 0.315. The third kappa shape index (κ3) is 4.04. The van der Waals surface area contributed by atoms with Crippen LogP contribution in [0.4, 0.5) is 14.6 Å². The molecular formula is C24H28F2N6O3S. The molecule has 1 aliphatic heterocycles. The highest BCUT2D eigenvalue weighted by molar-refractivity contribution is 7.99. The molecule has 0 radical (unpaired) electrons. The first-order chi connectivity index (χ1) is 17.2. The molecule has 2 N–H and O–H groups in total. The highest BCUT2D eigenvalue weighted by Gasteiger charge is 2.55. The third-order valence-corrected chi connectivity index (χ3v) is 8.09. The van der Waals surface area contributed by atoms with Gasteiger partial charge in [-0.15, -0.1) is 5.10 Å². The molecule has 6 rings (SSSR count). The van der Waals surface area contributed by atoms with Gasteiger partial charge in [0.05, 0.1) is 17.7 Å². The minimum Gasteiger partial charge on any atom is -0.390 e. The molecular weight excluding hydrogens is 490 g/mol. The van der Waals surface area contributed by atoms with E-state index in [9.17, 15) is 13.9 Å². The number of aliphatic hydroxyl groups excluding tert-OH is 1. The van der Waals surface area contributed by atoms with Crippen molar-refractivity contribution >= 4 is 28.7 Å². The van der Waals surface area contributed by atoms with Crippen LogP contribution in [0, 0.1) is 11.6 Å². The van der Waals surface area contributed by atoms with Gasteiger partial charge in [0.1, 0.15) is 12.2 Å². The Hall–Kier alpha value is -2.41. The standard InChI is InChI=1S/C24H28F2N6O3S/c1-4-9-36-22-27-20(29-24(7-8-24)12-5-6-13(25)14(26)10-12)17-21(28-22)32(31-30-17)15-11-16(33)19-18(15)34-23(2,3)35-19/h5-6,10,15-16,18-19,33H,4,7-9,11H2,1-3H3,(H,27,28,29). The molecule has 0 amide bonds.